The molecular weight excluding hydrogens is 241 g/mol. The largest absolute Gasteiger partial charge is 0.383 e. The van der Waals surface area contributed by atoms with Gasteiger partial charge in [0.2, 0.25) is 0 Å². The van der Waals surface area contributed by atoms with Gasteiger partial charge in [0.05, 0.1) is 11.6 Å². The number of benzene rings is 1. The Morgan fingerprint density at radius 1 is 1.53 bits per heavy atom. The lowest BCUT2D eigenvalue weighted by Gasteiger charge is -2.15. The fourth-order valence-electron chi connectivity index (χ4n) is 2.29. The van der Waals surface area contributed by atoms with Crippen LogP contribution in [0.1, 0.15) is 17.9 Å². The number of rotatable bonds is 4. The third-order valence-electron chi connectivity index (χ3n) is 3.30. The lowest BCUT2D eigenvalue weighted by Crippen LogP contribution is -2.24. The molecule has 17 heavy (non-hydrogen) atoms. The summed E-state index contributed by atoms with van der Waals surface area (Å²) in [4.78, 5) is 2.37. The third-order valence-corrected chi connectivity index (χ3v) is 3.59. The quantitative estimate of drug-likeness (QED) is 0.822. The molecular formula is C13H17ClFNO. The van der Waals surface area contributed by atoms with Crippen LogP contribution >= 0.6 is 11.6 Å². The Labute approximate surface area is 106 Å². The van der Waals surface area contributed by atoms with Crippen molar-refractivity contribution >= 4 is 11.6 Å². The van der Waals surface area contributed by atoms with Crippen LogP contribution in [-0.2, 0) is 4.74 Å². The molecule has 0 spiro atoms. The zero-order valence-electron chi connectivity index (χ0n) is 9.96. The van der Waals surface area contributed by atoms with Gasteiger partial charge in [-0.3, -0.25) is 0 Å². The van der Waals surface area contributed by atoms with Gasteiger partial charge in [-0.15, -0.1) is 0 Å². The molecule has 1 aliphatic heterocycles. The first-order valence-electron chi connectivity index (χ1n) is 5.87. The molecule has 4 heteroatoms. The molecule has 0 aromatic heterocycles. The highest BCUT2D eigenvalue weighted by atomic mass is 35.5. The fourth-order valence-corrected chi connectivity index (χ4v) is 2.48. The van der Waals surface area contributed by atoms with Gasteiger partial charge in [-0.2, -0.15) is 0 Å². The number of methoxy groups -OCH3 is 1. The van der Waals surface area contributed by atoms with Crippen molar-refractivity contribution in [3.8, 4) is 0 Å². The van der Waals surface area contributed by atoms with Crippen LogP contribution < -0.4 is 0 Å². The van der Waals surface area contributed by atoms with Gasteiger partial charge in [-0.25, -0.2) is 4.39 Å². The number of hydrogen-bond donors (Lipinski definition) is 0. The first-order valence-corrected chi connectivity index (χ1v) is 6.24. The third kappa shape index (κ3) is 3.18. The van der Waals surface area contributed by atoms with Gasteiger partial charge in [0.15, 0.2) is 0 Å². The van der Waals surface area contributed by atoms with Crippen molar-refractivity contribution in [1.29, 1.82) is 0 Å². The predicted octanol–water partition coefficient (Wildman–Crippen LogP) is 2.91. The van der Waals surface area contributed by atoms with Crippen molar-refractivity contribution in [1.82, 2.24) is 4.90 Å². The van der Waals surface area contributed by atoms with Crippen molar-refractivity contribution in [2.75, 3.05) is 33.4 Å². The Bertz CT molecular complexity index is 386. The normalized spacial score (nSPS) is 21.0. The summed E-state index contributed by atoms with van der Waals surface area (Å²) in [5.41, 5.74) is 1.14. The summed E-state index contributed by atoms with van der Waals surface area (Å²) in [6.45, 7) is 3.80. The maximum Gasteiger partial charge on any atom is 0.141 e. The molecule has 1 atom stereocenters. The zero-order valence-corrected chi connectivity index (χ0v) is 10.7. The van der Waals surface area contributed by atoms with Crippen LogP contribution in [0.2, 0.25) is 5.02 Å². The molecule has 1 aromatic rings. The molecule has 94 valence electrons. The van der Waals surface area contributed by atoms with E-state index in [0.29, 0.717) is 5.92 Å². The molecule has 0 N–H and O–H groups in total. The molecule has 2 nitrogen and oxygen atoms in total. The SMILES string of the molecule is COCCN1CCC(c2ccc(F)c(Cl)c2)C1. The van der Waals surface area contributed by atoms with Gasteiger partial charge in [-0.05, 0) is 36.6 Å². The van der Waals surface area contributed by atoms with Crippen molar-refractivity contribution in [3.05, 3.63) is 34.6 Å². The molecule has 0 amide bonds. The highest BCUT2D eigenvalue weighted by Gasteiger charge is 2.23. The molecule has 0 bridgehead atoms. The monoisotopic (exact) mass is 257 g/mol. The average molecular weight is 258 g/mol. The van der Waals surface area contributed by atoms with E-state index >= 15 is 0 Å². The summed E-state index contributed by atoms with van der Waals surface area (Å²) < 4.78 is 18.1. The number of halogens is 2. The van der Waals surface area contributed by atoms with E-state index in [-0.39, 0.29) is 10.8 Å². The second kappa shape index (κ2) is 5.80. The van der Waals surface area contributed by atoms with Crippen LogP contribution in [0.25, 0.3) is 0 Å². The van der Waals surface area contributed by atoms with E-state index in [2.05, 4.69) is 4.90 Å². The molecule has 0 aliphatic carbocycles. The minimum atomic E-state index is -0.343. The summed E-state index contributed by atoms with van der Waals surface area (Å²) in [5.74, 6) is 0.120. The topological polar surface area (TPSA) is 12.5 Å². The molecule has 2 rings (SSSR count). The van der Waals surface area contributed by atoms with E-state index in [4.69, 9.17) is 16.3 Å². The van der Waals surface area contributed by atoms with Gasteiger partial charge in [0, 0.05) is 20.2 Å². The number of ether oxygens (including phenoxy) is 1. The van der Waals surface area contributed by atoms with Crippen LogP contribution in [0, 0.1) is 5.82 Å². The first kappa shape index (κ1) is 12.8. The van der Waals surface area contributed by atoms with E-state index in [1.165, 1.54) is 6.07 Å². The Morgan fingerprint density at radius 3 is 3.06 bits per heavy atom. The molecule has 1 aromatic carbocycles. The van der Waals surface area contributed by atoms with E-state index in [9.17, 15) is 4.39 Å². The minimum absolute atomic E-state index is 0.220. The van der Waals surface area contributed by atoms with E-state index in [1.54, 1.807) is 13.2 Å². The van der Waals surface area contributed by atoms with Gasteiger partial charge >= 0.3 is 0 Å². The average Bonchev–Trinajstić information content (AvgIpc) is 2.79. The zero-order chi connectivity index (χ0) is 12.3. The second-order valence-corrected chi connectivity index (χ2v) is 4.86. The van der Waals surface area contributed by atoms with Gasteiger partial charge in [0.25, 0.3) is 0 Å². The van der Waals surface area contributed by atoms with Crippen molar-refractivity contribution < 1.29 is 9.13 Å². The summed E-state index contributed by atoms with van der Waals surface area (Å²) in [6, 6.07) is 5.04. The summed E-state index contributed by atoms with van der Waals surface area (Å²) >= 11 is 5.80. The maximum atomic E-state index is 13.1. The summed E-state index contributed by atoms with van der Waals surface area (Å²) in [6.07, 6.45) is 1.10. The number of nitrogens with zero attached hydrogens (tertiary/aromatic N) is 1. The maximum absolute atomic E-state index is 13.1. The number of hydrogen-bond acceptors (Lipinski definition) is 2. The number of likely N-dealkylation sites (tertiary alicyclic amines) is 1. The van der Waals surface area contributed by atoms with Crippen LogP contribution in [0.15, 0.2) is 18.2 Å². The van der Waals surface area contributed by atoms with Gasteiger partial charge in [-0.1, -0.05) is 17.7 Å². The van der Waals surface area contributed by atoms with Crippen LogP contribution in [0.5, 0.6) is 0 Å². The molecule has 1 heterocycles. The molecule has 0 radical (unpaired) electrons. The molecule has 1 aliphatic rings. The fraction of sp³-hybridized carbons (Fsp3) is 0.538. The second-order valence-electron chi connectivity index (χ2n) is 4.45. The Balaban J connectivity index is 1.97. The van der Waals surface area contributed by atoms with Crippen molar-refractivity contribution in [2.45, 2.75) is 12.3 Å². The van der Waals surface area contributed by atoms with E-state index in [1.807, 2.05) is 6.07 Å². The minimum Gasteiger partial charge on any atom is -0.383 e. The molecule has 1 saturated heterocycles. The lowest BCUT2D eigenvalue weighted by atomic mass is 9.98. The van der Waals surface area contributed by atoms with Crippen molar-refractivity contribution in [3.63, 3.8) is 0 Å². The van der Waals surface area contributed by atoms with Crippen molar-refractivity contribution in [2.24, 2.45) is 0 Å². The predicted molar refractivity (Wildman–Crippen MR) is 67.1 cm³/mol. The van der Waals surface area contributed by atoms with Gasteiger partial charge < -0.3 is 9.64 Å². The van der Waals surface area contributed by atoms with E-state index < -0.39 is 0 Å². The van der Waals surface area contributed by atoms with Crippen LogP contribution in [0.3, 0.4) is 0 Å². The standard InChI is InChI=1S/C13H17ClFNO/c1-17-7-6-16-5-4-11(9-16)10-2-3-13(15)12(14)8-10/h2-3,8,11H,4-7,9H2,1H3. The smallest absolute Gasteiger partial charge is 0.141 e. The van der Waals surface area contributed by atoms with Crippen LogP contribution in [0.4, 0.5) is 4.39 Å². The lowest BCUT2D eigenvalue weighted by molar-refractivity contribution is 0.160. The first-order chi connectivity index (χ1) is 8.20. The van der Waals surface area contributed by atoms with E-state index in [0.717, 1.165) is 38.2 Å². The summed E-state index contributed by atoms with van der Waals surface area (Å²) in [7, 11) is 1.72. The van der Waals surface area contributed by atoms with Gasteiger partial charge in [0.1, 0.15) is 5.82 Å². The Morgan fingerprint density at radius 2 is 2.35 bits per heavy atom. The Hall–Kier alpha value is -0.640. The molecule has 1 unspecified atom stereocenters. The molecule has 0 saturated carbocycles. The summed E-state index contributed by atoms with van der Waals surface area (Å²) in [5, 5.41) is 0.220. The highest BCUT2D eigenvalue weighted by molar-refractivity contribution is 6.30. The Kier molecular flexibility index (Phi) is 4.37. The highest BCUT2D eigenvalue weighted by Crippen LogP contribution is 2.29. The molecule has 1 fully saturated rings. The van der Waals surface area contributed by atoms with Crippen LogP contribution in [-0.4, -0.2) is 38.3 Å².